The predicted molar refractivity (Wildman–Crippen MR) is 71.9 cm³/mol. The lowest BCUT2D eigenvalue weighted by Crippen LogP contribution is -1.99. The van der Waals surface area contributed by atoms with Crippen molar-refractivity contribution in [1.29, 1.82) is 0 Å². The van der Waals surface area contributed by atoms with Crippen molar-refractivity contribution >= 4 is 17.6 Å². The van der Waals surface area contributed by atoms with E-state index in [1.807, 2.05) is 24.9 Å². The maximum Gasteiger partial charge on any atom is 0.125 e. The molecule has 0 atom stereocenters. The summed E-state index contributed by atoms with van der Waals surface area (Å²) in [5.74, 6) is 4.30. The molecule has 1 aliphatic carbocycles. The fraction of sp³-hybridized carbons (Fsp3) is 0.615. The van der Waals surface area contributed by atoms with E-state index in [0.29, 0.717) is 0 Å². The number of nitrogens with one attached hydrogen (secondary N) is 1. The first-order valence-corrected chi connectivity index (χ1v) is 7.25. The van der Waals surface area contributed by atoms with E-state index in [9.17, 15) is 0 Å². The third-order valence-corrected chi connectivity index (χ3v) is 4.35. The molecule has 1 N–H and O–H groups in total. The molecule has 16 heavy (non-hydrogen) atoms. The van der Waals surface area contributed by atoms with Crippen LogP contribution >= 0.6 is 11.8 Å². The van der Waals surface area contributed by atoms with E-state index < -0.39 is 0 Å². The van der Waals surface area contributed by atoms with E-state index in [-0.39, 0.29) is 0 Å². The number of pyridine rings is 1. The monoisotopic (exact) mass is 236 g/mol. The molecular weight excluding hydrogens is 216 g/mol. The van der Waals surface area contributed by atoms with Gasteiger partial charge < -0.3 is 5.32 Å². The van der Waals surface area contributed by atoms with Crippen LogP contribution in [0.3, 0.4) is 0 Å². The fourth-order valence-corrected chi connectivity index (χ4v) is 3.36. The zero-order chi connectivity index (χ0) is 11.2. The predicted octanol–water partition coefficient (Wildman–Crippen LogP) is 3.55. The average molecular weight is 236 g/mol. The smallest absolute Gasteiger partial charge is 0.125 e. The summed E-state index contributed by atoms with van der Waals surface area (Å²) in [5.41, 5.74) is 1.19. The van der Waals surface area contributed by atoms with Gasteiger partial charge in [0.25, 0.3) is 0 Å². The number of aromatic nitrogens is 1. The molecule has 0 unspecified atom stereocenters. The van der Waals surface area contributed by atoms with Gasteiger partial charge in [-0.25, -0.2) is 4.98 Å². The Morgan fingerprint density at radius 3 is 2.94 bits per heavy atom. The molecule has 1 aromatic heterocycles. The van der Waals surface area contributed by atoms with Crippen LogP contribution in [0.1, 0.15) is 31.4 Å². The molecule has 0 aliphatic heterocycles. The largest absolute Gasteiger partial charge is 0.373 e. The first-order valence-electron chi connectivity index (χ1n) is 6.10. The van der Waals surface area contributed by atoms with Crippen LogP contribution in [0.4, 0.5) is 5.82 Å². The molecule has 0 saturated heterocycles. The second-order valence-electron chi connectivity index (χ2n) is 4.43. The summed E-state index contributed by atoms with van der Waals surface area (Å²) >= 11 is 2.03. The summed E-state index contributed by atoms with van der Waals surface area (Å²) in [7, 11) is 1.91. The zero-order valence-corrected chi connectivity index (χ0v) is 10.7. The third kappa shape index (κ3) is 3.41. The highest BCUT2D eigenvalue weighted by molar-refractivity contribution is 7.98. The Hall–Kier alpha value is -0.700. The second kappa shape index (κ2) is 6.14. The molecule has 0 bridgehead atoms. The molecule has 88 valence electrons. The van der Waals surface area contributed by atoms with E-state index >= 15 is 0 Å². The number of thioether (sulfide) groups is 1. The van der Waals surface area contributed by atoms with E-state index in [2.05, 4.69) is 22.4 Å². The van der Waals surface area contributed by atoms with Gasteiger partial charge in [0.2, 0.25) is 0 Å². The van der Waals surface area contributed by atoms with Gasteiger partial charge in [-0.3, -0.25) is 0 Å². The molecule has 0 spiro atoms. The third-order valence-electron chi connectivity index (χ3n) is 3.14. The Labute approximate surface area is 102 Å². The Bertz CT molecular complexity index is 321. The van der Waals surface area contributed by atoms with Gasteiger partial charge in [-0.15, -0.1) is 0 Å². The molecule has 3 heteroatoms. The quantitative estimate of drug-likeness (QED) is 0.846. The van der Waals surface area contributed by atoms with Crippen LogP contribution in [-0.4, -0.2) is 17.8 Å². The summed E-state index contributed by atoms with van der Waals surface area (Å²) in [5, 5.41) is 3.08. The van der Waals surface area contributed by atoms with E-state index in [0.717, 1.165) is 17.5 Å². The standard InChI is InChI=1S/C13H20N2S/c1-14-13-8-4-7-12(15-13)10-16-9-11-5-2-3-6-11/h4,7-8,11H,2-3,5-6,9-10H2,1H3,(H,14,15). The number of nitrogens with zero attached hydrogens (tertiary/aromatic N) is 1. The van der Waals surface area contributed by atoms with Crippen LogP contribution in [0.25, 0.3) is 0 Å². The minimum Gasteiger partial charge on any atom is -0.373 e. The van der Waals surface area contributed by atoms with Gasteiger partial charge in [-0.1, -0.05) is 18.9 Å². The van der Waals surface area contributed by atoms with Gasteiger partial charge in [-0.2, -0.15) is 11.8 Å². The molecule has 0 amide bonds. The highest BCUT2D eigenvalue weighted by atomic mass is 32.2. The number of rotatable bonds is 5. The normalized spacial score (nSPS) is 16.6. The maximum absolute atomic E-state index is 4.52. The first kappa shape index (κ1) is 11.8. The summed E-state index contributed by atoms with van der Waals surface area (Å²) < 4.78 is 0. The zero-order valence-electron chi connectivity index (χ0n) is 9.91. The van der Waals surface area contributed by atoms with E-state index in [4.69, 9.17) is 0 Å². The topological polar surface area (TPSA) is 24.9 Å². The minimum atomic E-state index is 0.970. The number of hydrogen-bond donors (Lipinski definition) is 1. The van der Waals surface area contributed by atoms with E-state index in [1.165, 1.54) is 37.1 Å². The molecule has 2 rings (SSSR count). The number of hydrogen-bond acceptors (Lipinski definition) is 3. The lowest BCUT2D eigenvalue weighted by Gasteiger charge is -2.08. The SMILES string of the molecule is CNc1cccc(CSCC2CCCC2)n1. The molecule has 1 fully saturated rings. The average Bonchev–Trinajstić information content (AvgIpc) is 2.82. The Morgan fingerprint density at radius 1 is 1.38 bits per heavy atom. The van der Waals surface area contributed by atoms with Crippen LogP contribution in [-0.2, 0) is 5.75 Å². The molecule has 0 radical (unpaired) electrons. The minimum absolute atomic E-state index is 0.970. The Kier molecular flexibility index (Phi) is 4.52. The molecule has 1 aromatic rings. The first-order chi connectivity index (χ1) is 7.88. The summed E-state index contributed by atoms with van der Waals surface area (Å²) in [4.78, 5) is 4.52. The molecule has 2 nitrogen and oxygen atoms in total. The van der Waals surface area contributed by atoms with Crippen molar-refractivity contribution in [3.8, 4) is 0 Å². The summed E-state index contributed by atoms with van der Waals surface area (Å²) in [6, 6.07) is 6.19. The van der Waals surface area contributed by atoms with Gasteiger partial charge in [0.05, 0.1) is 5.69 Å². The van der Waals surface area contributed by atoms with Crippen molar-refractivity contribution in [2.24, 2.45) is 5.92 Å². The molecular formula is C13H20N2S. The van der Waals surface area contributed by atoms with Crippen LogP contribution in [0.5, 0.6) is 0 Å². The van der Waals surface area contributed by atoms with Gasteiger partial charge in [0.15, 0.2) is 0 Å². The van der Waals surface area contributed by atoms with Crippen molar-refractivity contribution in [2.75, 3.05) is 18.1 Å². The highest BCUT2D eigenvalue weighted by Crippen LogP contribution is 2.28. The Morgan fingerprint density at radius 2 is 2.19 bits per heavy atom. The van der Waals surface area contributed by atoms with Crippen molar-refractivity contribution in [1.82, 2.24) is 4.98 Å². The van der Waals surface area contributed by atoms with Crippen LogP contribution in [0.2, 0.25) is 0 Å². The summed E-state index contributed by atoms with van der Waals surface area (Å²) in [6.45, 7) is 0. The second-order valence-corrected chi connectivity index (χ2v) is 5.46. The van der Waals surface area contributed by atoms with Crippen LogP contribution < -0.4 is 5.32 Å². The van der Waals surface area contributed by atoms with E-state index in [1.54, 1.807) is 0 Å². The molecule has 1 saturated carbocycles. The molecule has 1 heterocycles. The molecule has 1 aliphatic rings. The van der Waals surface area contributed by atoms with Crippen molar-refractivity contribution in [3.63, 3.8) is 0 Å². The maximum atomic E-state index is 4.52. The van der Waals surface area contributed by atoms with Crippen molar-refractivity contribution in [2.45, 2.75) is 31.4 Å². The van der Waals surface area contributed by atoms with Gasteiger partial charge in [0.1, 0.15) is 5.82 Å². The van der Waals surface area contributed by atoms with Crippen LogP contribution in [0, 0.1) is 5.92 Å². The highest BCUT2D eigenvalue weighted by Gasteiger charge is 2.14. The van der Waals surface area contributed by atoms with Gasteiger partial charge in [0, 0.05) is 12.8 Å². The van der Waals surface area contributed by atoms with Gasteiger partial charge in [-0.05, 0) is 36.6 Å². The number of anilines is 1. The molecule has 0 aromatic carbocycles. The lowest BCUT2D eigenvalue weighted by atomic mass is 10.1. The fourth-order valence-electron chi connectivity index (χ4n) is 2.21. The van der Waals surface area contributed by atoms with Crippen molar-refractivity contribution in [3.05, 3.63) is 23.9 Å². The summed E-state index contributed by atoms with van der Waals surface area (Å²) in [6.07, 6.45) is 5.77. The Balaban J connectivity index is 1.75. The van der Waals surface area contributed by atoms with Gasteiger partial charge >= 0.3 is 0 Å². The van der Waals surface area contributed by atoms with Crippen LogP contribution in [0.15, 0.2) is 18.2 Å². The van der Waals surface area contributed by atoms with Crippen molar-refractivity contribution < 1.29 is 0 Å². The lowest BCUT2D eigenvalue weighted by molar-refractivity contribution is 0.623.